The molecule has 2 rings (SSSR count). The number of alkyl halides is 1. The molecule has 0 aromatic heterocycles. The molecule has 1 aliphatic carbocycles. The molecule has 0 spiro atoms. The van der Waals surface area contributed by atoms with E-state index in [1.54, 1.807) is 0 Å². The van der Waals surface area contributed by atoms with E-state index in [0.29, 0.717) is 5.02 Å². The minimum absolute atomic E-state index is 0.0617. The molecule has 0 bridgehead atoms. The zero-order chi connectivity index (χ0) is 10.8. The first-order valence-electron chi connectivity index (χ1n) is 4.81. The van der Waals surface area contributed by atoms with Crippen molar-refractivity contribution in [1.82, 2.24) is 0 Å². The van der Waals surface area contributed by atoms with Crippen molar-refractivity contribution in [3.8, 4) is 0 Å². The van der Waals surface area contributed by atoms with Crippen molar-refractivity contribution in [2.45, 2.75) is 18.2 Å². The first-order chi connectivity index (χ1) is 7.16. The molecule has 0 heterocycles. The van der Waals surface area contributed by atoms with Gasteiger partial charge in [0.15, 0.2) is 5.78 Å². The van der Waals surface area contributed by atoms with Crippen LogP contribution >= 0.6 is 23.2 Å². The number of carbonyl (C=O) groups excluding carboxylic acids is 1. The molecule has 1 aromatic rings. The molecule has 0 radical (unpaired) electrons. The lowest BCUT2D eigenvalue weighted by molar-refractivity contribution is -0.114. The quantitative estimate of drug-likeness (QED) is 0.541. The Morgan fingerprint density at radius 2 is 1.93 bits per heavy atom. The third kappa shape index (κ3) is 2.42. The molecule has 1 aliphatic rings. The van der Waals surface area contributed by atoms with Gasteiger partial charge in [-0.3, -0.25) is 4.79 Å². The van der Waals surface area contributed by atoms with Crippen LogP contribution in [0, 0.1) is 0 Å². The Hall–Kier alpha value is -0.790. The summed E-state index contributed by atoms with van der Waals surface area (Å²) in [7, 11) is 0. The minimum Gasteiger partial charge on any atom is -0.293 e. The van der Waals surface area contributed by atoms with Crippen LogP contribution in [0.4, 0.5) is 0 Å². The minimum atomic E-state index is -0.330. The number of hydrogen-bond acceptors (Lipinski definition) is 1. The second-order valence-electron chi connectivity index (χ2n) is 3.59. The molecular formula is C12H10Cl2O. The van der Waals surface area contributed by atoms with E-state index in [-0.39, 0.29) is 11.2 Å². The molecule has 1 unspecified atom stereocenters. The molecule has 1 saturated carbocycles. The molecule has 0 aliphatic heterocycles. The zero-order valence-electron chi connectivity index (χ0n) is 8.04. The fourth-order valence-corrected chi connectivity index (χ4v) is 2.02. The summed E-state index contributed by atoms with van der Waals surface area (Å²) in [6.07, 6.45) is 3.41. The molecule has 1 fully saturated rings. The smallest absolute Gasteiger partial charge is 0.176 e. The number of carbonyl (C=O) groups is 1. The van der Waals surface area contributed by atoms with Gasteiger partial charge in [-0.2, -0.15) is 0 Å². The molecule has 1 atom stereocenters. The summed E-state index contributed by atoms with van der Waals surface area (Å²) in [6, 6.07) is 7.41. The second kappa shape index (κ2) is 4.38. The molecule has 3 heteroatoms. The van der Waals surface area contributed by atoms with Crippen LogP contribution in [0.2, 0.25) is 5.02 Å². The second-order valence-corrected chi connectivity index (χ2v) is 4.55. The van der Waals surface area contributed by atoms with E-state index >= 15 is 0 Å². The Morgan fingerprint density at radius 3 is 2.47 bits per heavy atom. The monoisotopic (exact) mass is 240 g/mol. The number of halogens is 2. The zero-order valence-corrected chi connectivity index (χ0v) is 9.55. The number of hydrogen-bond donors (Lipinski definition) is 0. The molecule has 0 saturated heterocycles. The summed E-state index contributed by atoms with van der Waals surface area (Å²) in [6.45, 7) is 0. The molecule has 78 valence electrons. The SMILES string of the molecule is O=C1C(=Cc2ccc(Cl)cc2)CCC1Cl. The number of allylic oxidation sites excluding steroid dienone is 1. The highest BCUT2D eigenvalue weighted by Crippen LogP contribution is 2.27. The van der Waals surface area contributed by atoms with Gasteiger partial charge < -0.3 is 0 Å². The molecule has 0 amide bonds. The maximum Gasteiger partial charge on any atom is 0.176 e. The van der Waals surface area contributed by atoms with Crippen LogP contribution in [-0.2, 0) is 4.79 Å². The summed E-state index contributed by atoms with van der Waals surface area (Å²) in [5.41, 5.74) is 1.81. The Bertz CT molecular complexity index is 406. The van der Waals surface area contributed by atoms with Crippen LogP contribution in [-0.4, -0.2) is 11.2 Å². The van der Waals surface area contributed by atoms with Gasteiger partial charge in [0.05, 0.1) is 5.38 Å². The van der Waals surface area contributed by atoms with Crippen molar-refractivity contribution in [2.75, 3.05) is 0 Å². The van der Waals surface area contributed by atoms with Crippen molar-refractivity contribution in [1.29, 1.82) is 0 Å². The van der Waals surface area contributed by atoms with E-state index in [9.17, 15) is 4.79 Å². The summed E-state index contributed by atoms with van der Waals surface area (Å²) < 4.78 is 0. The fraction of sp³-hybridized carbons (Fsp3) is 0.250. The summed E-state index contributed by atoms with van der Waals surface area (Å²) in [5.74, 6) is 0.0617. The number of ketones is 1. The Morgan fingerprint density at radius 1 is 1.27 bits per heavy atom. The van der Waals surface area contributed by atoms with Gasteiger partial charge in [0.25, 0.3) is 0 Å². The predicted octanol–water partition coefficient (Wildman–Crippen LogP) is 3.69. The van der Waals surface area contributed by atoms with Crippen molar-refractivity contribution in [2.24, 2.45) is 0 Å². The third-order valence-corrected chi connectivity index (χ3v) is 3.15. The van der Waals surface area contributed by atoms with Crippen LogP contribution in [0.1, 0.15) is 18.4 Å². The molecule has 0 N–H and O–H groups in total. The highest BCUT2D eigenvalue weighted by atomic mass is 35.5. The molecule has 1 nitrogen and oxygen atoms in total. The largest absolute Gasteiger partial charge is 0.293 e. The van der Waals surface area contributed by atoms with Crippen molar-refractivity contribution in [3.05, 3.63) is 40.4 Å². The molecule has 15 heavy (non-hydrogen) atoms. The third-order valence-electron chi connectivity index (χ3n) is 2.48. The average Bonchev–Trinajstić information content (AvgIpc) is 2.53. The summed E-state index contributed by atoms with van der Waals surface area (Å²) in [5, 5.41) is 0.369. The van der Waals surface area contributed by atoms with E-state index in [4.69, 9.17) is 23.2 Å². The lowest BCUT2D eigenvalue weighted by atomic mass is 10.1. The highest BCUT2D eigenvalue weighted by Gasteiger charge is 2.26. The van der Waals surface area contributed by atoms with Crippen molar-refractivity contribution in [3.63, 3.8) is 0 Å². The molecular weight excluding hydrogens is 231 g/mol. The number of Topliss-reactive ketones (excluding diaryl/α,β-unsaturated/α-hetero) is 1. The van der Waals surface area contributed by atoms with Gasteiger partial charge in [0.2, 0.25) is 0 Å². The van der Waals surface area contributed by atoms with Crippen LogP contribution in [0.15, 0.2) is 29.8 Å². The fourth-order valence-electron chi connectivity index (χ4n) is 1.64. The lowest BCUT2D eigenvalue weighted by Gasteiger charge is -1.97. The Kier molecular flexibility index (Phi) is 3.13. The Balaban J connectivity index is 2.24. The van der Waals surface area contributed by atoms with E-state index < -0.39 is 0 Å². The van der Waals surface area contributed by atoms with Gasteiger partial charge in [-0.05, 0) is 42.2 Å². The average molecular weight is 241 g/mol. The highest BCUT2D eigenvalue weighted by molar-refractivity contribution is 6.35. The van der Waals surface area contributed by atoms with Crippen molar-refractivity contribution >= 4 is 35.1 Å². The predicted molar refractivity (Wildman–Crippen MR) is 63.3 cm³/mol. The topological polar surface area (TPSA) is 17.1 Å². The standard InChI is InChI=1S/C12H10Cl2O/c13-10-4-1-8(2-5-10)7-9-3-6-11(14)12(9)15/h1-2,4-5,7,11H,3,6H2. The Labute approximate surface area is 98.7 Å². The summed E-state index contributed by atoms with van der Waals surface area (Å²) >= 11 is 11.6. The van der Waals surface area contributed by atoms with E-state index in [0.717, 1.165) is 24.0 Å². The normalized spacial score (nSPS) is 23.7. The van der Waals surface area contributed by atoms with Gasteiger partial charge >= 0.3 is 0 Å². The maximum absolute atomic E-state index is 11.6. The number of rotatable bonds is 1. The lowest BCUT2D eigenvalue weighted by Crippen LogP contribution is -2.05. The van der Waals surface area contributed by atoms with Crippen LogP contribution in [0.25, 0.3) is 6.08 Å². The first-order valence-corrected chi connectivity index (χ1v) is 5.62. The van der Waals surface area contributed by atoms with Crippen LogP contribution < -0.4 is 0 Å². The van der Waals surface area contributed by atoms with Crippen molar-refractivity contribution < 1.29 is 4.79 Å². The van der Waals surface area contributed by atoms with Gasteiger partial charge in [0.1, 0.15) is 0 Å². The summed E-state index contributed by atoms with van der Waals surface area (Å²) in [4.78, 5) is 11.6. The van der Waals surface area contributed by atoms with E-state index in [1.807, 2.05) is 30.3 Å². The van der Waals surface area contributed by atoms with E-state index in [1.165, 1.54) is 0 Å². The van der Waals surface area contributed by atoms with Gasteiger partial charge in [-0.1, -0.05) is 23.7 Å². The van der Waals surface area contributed by atoms with Crippen LogP contribution in [0.3, 0.4) is 0 Å². The number of benzene rings is 1. The maximum atomic E-state index is 11.6. The van der Waals surface area contributed by atoms with Gasteiger partial charge in [0, 0.05) is 5.02 Å². The first kappa shape index (κ1) is 10.7. The van der Waals surface area contributed by atoms with E-state index in [2.05, 4.69) is 0 Å². The molecule has 1 aromatic carbocycles. The van der Waals surface area contributed by atoms with Gasteiger partial charge in [-0.25, -0.2) is 0 Å². The van der Waals surface area contributed by atoms with Gasteiger partial charge in [-0.15, -0.1) is 11.6 Å². The van der Waals surface area contributed by atoms with Crippen LogP contribution in [0.5, 0.6) is 0 Å².